The van der Waals surface area contributed by atoms with Gasteiger partial charge in [-0.15, -0.1) is 0 Å². The van der Waals surface area contributed by atoms with Crippen molar-refractivity contribution in [3.05, 3.63) is 12.2 Å². The predicted octanol–water partition coefficient (Wildman–Crippen LogP) is 0.704. The maximum atomic E-state index is 11.2. The van der Waals surface area contributed by atoms with Gasteiger partial charge in [-0.3, -0.25) is 4.55 Å². The van der Waals surface area contributed by atoms with Crippen LogP contribution in [0.3, 0.4) is 0 Å². The first-order valence-electron chi connectivity index (χ1n) is 5.57. The zero-order valence-electron chi connectivity index (χ0n) is 11.0. The molecule has 0 saturated carbocycles. The number of hydrogen-bond acceptors (Lipinski definition) is 5. The summed E-state index contributed by atoms with van der Waals surface area (Å²) in [6.45, 7) is 5.20. The van der Waals surface area contributed by atoms with E-state index in [9.17, 15) is 13.2 Å². The normalized spacial score (nSPS) is 13.4. The van der Waals surface area contributed by atoms with E-state index in [2.05, 4.69) is 6.58 Å². The van der Waals surface area contributed by atoms with Gasteiger partial charge in [0.25, 0.3) is 10.1 Å². The third kappa shape index (κ3) is 8.21. The molecule has 0 heterocycles. The van der Waals surface area contributed by atoms with Crippen LogP contribution >= 0.6 is 0 Å². The van der Waals surface area contributed by atoms with Gasteiger partial charge in [0.15, 0.2) is 0 Å². The van der Waals surface area contributed by atoms with Crippen molar-refractivity contribution in [2.75, 3.05) is 26.5 Å². The van der Waals surface area contributed by atoms with Gasteiger partial charge in [0.1, 0.15) is 6.61 Å². The Morgan fingerprint density at radius 3 is 2.39 bits per heavy atom. The van der Waals surface area contributed by atoms with Gasteiger partial charge in [-0.25, -0.2) is 4.79 Å². The first-order valence-corrected chi connectivity index (χ1v) is 7.18. The van der Waals surface area contributed by atoms with Gasteiger partial charge in [0.2, 0.25) is 0 Å². The van der Waals surface area contributed by atoms with E-state index in [0.717, 1.165) is 0 Å². The number of rotatable bonds is 8. The quantitative estimate of drug-likeness (QED) is 0.400. The van der Waals surface area contributed by atoms with Crippen molar-refractivity contribution in [1.29, 1.82) is 0 Å². The predicted molar refractivity (Wildman–Crippen MR) is 68.9 cm³/mol. The van der Waals surface area contributed by atoms with Crippen LogP contribution in [-0.4, -0.2) is 56.3 Å². The molecule has 7 heteroatoms. The van der Waals surface area contributed by atoms with Crippen molar-refractivity contribution in [3.63, 3.8) is 0 Å². The summed E-state index contributed by atoms with van der Waals surface area (Å²) in [5.41, 5.74) is 0.324. The highest BCUT2D eigenvalue weighted by Crippen LogP contribution is 2.07. The molecule has 6 nitrogen and oxygen atoms in total. The zero-order chi connectivity index (χ0) is 14.3. The van der Waals surface area contributed by atoms with E-state index < -0.39 is 16.1 Å². The monoisotopic (exact) mass is 279 g/mol. The molecule has 1 N–H and O–H groups in total. The Balaban J connectivity index is 4.16. The van der Waals surface area contributed by atoms with Crippen LogP contribution in [-0.2, 0) is 19.6 Å². The summed E-state index contributed by atoms with van der Waals surface area (Å²) in [4.78, 5) is 13.1. The number of likely N-dealkylation sites (N-methyl/N-ethyl adjacent to an activating group) is 1. The van der Waals surface area contributed by atoms with E-state index in [4.69, 9.17) is 9.29 Å². The molecule has 0 amide bonds. The molecular formula is C11H21NO5S. The lowest BCUT2D eigenvalue weighted by molar-refractivity contribution is -0.140. The van der Waals surface area contributed by atoms with E-state index in [1.54, 1.807) is 6.92 Å². The van der Waals surface area contributed by atoms with Crippen LogP contribution < -0.4 is 0 Å². The van der Waals surface area contributed by atoms with Crippen molar-refractivity contribution < 1.29 is 22.5 Å². The lowest BCUT2D eigenvalue weighted by atomic mass is 10.1. The van der Waals surface area contributed by atoms with E-state index in [0.29, 0.717) is 18.4 Å². The highest BCUT2D eigenvalue weighted by atomic mass is 32.2. The molecule has 0 aliphatic rings. The minimum atomic E-state index is -3.93. The van der Waals surface area contributed by atoms with Gasteiger partial charge in [-0.1, -0.05) is 6.58 Å². The molecule has 0 spiro atoms. The number of hydrogen-bond donors (Lipinski definition) is 1. The minimum absolute atomic E-state index is 0.0879. The zero-order valence-corrected chi connectivity index (χ0v) is 11.9. The summed E-state index contributed by atoms with van der Waals surface area (Å²) in [7, 11) is -0.306. The van der Waals surface area contributed by atoms with Gasteiger partial charge in [-0.05, 0) is 33.9 Å². The molecular weight excluding hydrogens is 258 g/mol. The Morgan fingerprint density at radius 1 is 1.44 bits per heavy atom. The highest BCUT2D eigenvalue weighted by Gasteiger charge is 2.16. The van der Waals surface area contributed by atoms with Crippen molar-refractivity contribution in [3.8, 4) is 0 Å². The molecule has 0 fully saturated rings. The molecule has 1 atom stereocenters. The van der Waals surface area contributed by atoms with E-state index >= 15 is 0 Å². The number of ether oxygens (including phenoxy) is 1. The maximum Gasteiger partial charge on any atom is 0.333 e. The molecule has 0 aromatic heterocycles. The summed E-state index contributed by atoms with van der Waals surface area (Å²) in [5, 5.41) is 0. The second-order valence-corrected chi connectivity index (χ2v) is 6.00. The van der Waals surface area contributed by atoms with E-state index in [1.165, 1.54) is 0 Å². The average Bonchev–Trinajstić information content (AvgIpc) is 2.20. The Labute approximate surface area is 108 Å². The number of carbonyl (C=O) groups excluding carboxylic acids is 1. The van der Waals surface area contributed by atoms with Gasteiger partial charge in [-0.2, -0.15) is 8.42 Å². The Hall–Kier alpha value is -0.920. The molecule has 1 unspecified atom stereocenters. The fourth-order valence-corrected chi connectivity index (χ4v) is 1.82. The van der Waals surface area contributed by atoms with Gasteiger partial charge < -0.3 is 9.64 Å². The van der Waals surface area contributed by atoms with Crippen LogP contribution in [0.2, 0.25) is 0 Å². The van der Waals surface area contributed by atoms with Gasteiger partial charge >= 0.3 is 5.97 Å². The number of carbonyl (C=O) groups is 1. The minimum Gasteiger partial charge on any atom is -0.461 e. The fourth-order valence-electron chi connectivity index (χ4n) is 1.29. The first-order chi connectivity index (χ1) is 8.13. The van der Waals surface area contributed by atoms with Crippen molar-refractivity contribution in [1.82, 2.24) is 4.90 Å². The average molecular weight is 279 g/mol. The van der Waals surface area contributed by atoms with Crippen molar-refractivity contribution in [2.45, 2.75) is 25.8 Å². The fraction of sp³-hybridized carbons (Fsp3) is 0.727. The lowest BCUT2D eigenvalue weighted by Crippen LogP contribution is -2.34. The Bertz CT molecular complexity index is 388. The van der Waals surface area contributed by atoms with Gasteiger partial charge in [0.05, 0.1) is 5.75 Å². The number of esters is 1. The Morgan fingerprint density at radius 2 is 2.00 bits per heavy atom. The molecule has 0 aromatic rings. The van der Waals surface area contributed by atoms with Crippen molar-refractivity contribution >= 4 is 16.1 Å². The van der Waals surface area contributed by atoms with Crippen LogP contribution in [0.1, 0.15) is 19.8 Å². The molecule has 0 aliphatic heterocycles. The van der Waals surface area contributed by atoms with Crippen LogP contribution in [0.5, 0.6) is 0 Å². The third-order valence-corrected chi connectivity index (χ3v) is 3.23. The summed E-state index contributed by atoms with van der Waals surface area (Å²) in [6, 6.07) is -0.0879. The molecule has 0 radical (unpaired) electrons. The topological polar surface area (TPSA) is 83.9 Å². The summed E-state index contributed by atoms with van der Waals surface area (Å²) in [6.07, 6.45) is 0.822. The molecule has 106 valence electrons. The molecule has 0 aliphatic carbocycles. The first kappa shape index (κ1) is 17.1. The standard InChI is InChI=1S/C11H21NO5S/c1-9(2)11(13)17-8-10(12(3)4)6-5-7-18(14,15)16/h10H,1,5-8H2,2-4H3,(H,14,15,16). The Kier molecular flexibility index (Phi) is 7.12. The van der Waals surface area contributed by atoms with E-state index in [-0.39, 0.29) is 18.4 Å². The van der Waals surface area contributed by atoms with Crippen molar-refractivity contribution in [2.24, 2.45) is 0 Å². The summed E-state index contributed by atoms with van der Waals surface area (Å²) in [5.74, 6) is -0.747. The summed E-state index contributed by atoms with van der Waals surface area (Å²) < 4.78 is 34.8. The second-order valence-electron chi connectivity index (χ2n) is 4.42. The molecule has 18 heavy (non-hydrogen) atoms. The lowest BCUT2D eigenvalue weighted by Gasteiger charge is -2.23. The molecule has 0 bridgehead atoms. The third-order valence-electron chi connectivity index (χ3n) is 2.43. The largest absolute Gasteiger partial charge is 0.461 e. The van der Waals surface area contributed by atoms with Crippen LogP contribution in [0.4, 0.5) is 0 Å². The molecule has 0 saturated heterocycles. The SMILES string of the molecule is C=C(C)C(=O)OCC(CCCS(=O)(=O)O)N(C)C. The summed E-state index contributed by atoms with van der Waals surface area (Å²) >= 11 is 0. The van der Waals surface area contributed by atoms with Crippen LogP contribution in [0, 0.1) is 0 Å². The smallest absolute Gasteiger partial charge is 0.333 e. The van der Waals surface area contributed by atoms with Crippen LogP contribution in [0.25, 0.3) is 0 Å². The second kappa shape index (κ2) is 7.50. The van der Waals surface area contributed by atoms with Crippen LogP contribution in [0.15, 0.2) is 12.2 Å². The number of nitrogens with zero attached hydrogens (tertiary/aromatic N) is 1. The van der Waals surface area contributed by atoms with E-state index in [1.807, 2.05) is 19.0 Å². The molecule has 0 aromatic carbocycles. The highest BCUT2D eigenvalue weighted by molar-refractivity contribution is 7.85. The maximum absolute atomic E-state index is 11.2. The molecule has 0 rings (SSSR count). The van der Waals surface area contributed by atoms with Gasteiger partial charge in [0, 0.05) is 11.6 Å².